The van der Waals surface area contributed by atoms with Crippen molar-refractivity contribution in [1.29, 1.82) is 0 Å². The first-order valence-electron chi connectivity index (χ1n) is 9.46. The van der Waals surface area contributed by atoms with Gasteiger partial charge in [-0.05, 0) is 37.2 Å². The standard InChI is InChI=1S/C20H29N3O2/c1-15(24)23-12-10-18(11-13-23)22-19(25)14-21-20(17-8-5-9-17)16-6-3-2-4-7-16/h2-4,6-7,17-18,20-21H,5,8-14H2,1H3,(H,22,25). The number of amides is 2. The maximum absolute atomic E-state index is 12.3. The zero-order chi connectivity index (χ0) is 17.6. The van der Waals surface area contributed by atoms with Gasteiger partial charge in [-0.15, -0.1) is 0 Å². The second-order valence-corrected chi connectivity index (χ2v) is 7.31. The Bertz CT molecular complexity index is 578. The minimum Gasteiger partial charge on any atom is -0.352 e. The van der Waals surface area contributed by atoms with Crippen molar-refractivity contribution in [2.45, 2.75) is 51.1 Å². The summed E-state index contributed by atoms with van der Waals surface area (Å²) in [5.41, 5.74) is 1.27. The van der Waals surface area contributed by atoms with E-state index in [1.807, 2.05) is 11.0 Å². The highest BCUT2D eigenvalue weighted by atomic mass is 16.2. The molecule has 1 atom stereocenters. The van der Waals surface area contributed by atoms with Crippen molar-refractivity contribution in [3.63, 3.8) is 0 Å². The first-order valence-corrected chi connectivity index (χ1v) is 9.46. The van der Waals surface area contributed by atoms with Crippen molar-refractivity contribution in [2.75, 3.05) is 19.6 Å². The summed E-state index contributed by atoms with van der Waals surface area (Å²) in [6.07, 6.45) is 5.44. The van der Waals surface area contributed by atoms with Crippen molar-refractivity contribution in [2.24, 2.45) is 5.92 Å². The first kappa shape index (κ1) is 17.9. The van der Waals surface area contributed by atoms with Crippen molar-refractivity contribution in [1.82, 2.24) is 15.5 Å². The summed E-state index contributed by atoms with van der Waals surface area (Å²) in [7, 11) is 0. The van der Waals surface area contributed by atoms with Gasteiger partial charge in [0.2, 0.25) is 11.8 Å². The number of piperidine rings is 1. The average molecular weight is 343 g/mol. The van der Waals surface area contributed by atoms with Crippen LogP contribution < -0.4 is 10.6 Å². The molecule has 1 aliphatic heterocycles. The molecule has 25 heavy (non-hydrogen) atoms. The quantitative estimate of drug-likeness (QED) is 0.833. The van der Waals surface area contributed by atoms with Crippen LogP contribution in [0, 0.1) is 5.92 Å². The molecule has 1 heterocycles. The SMILES string of the molecule is CC(=O)N1CCC(NC(=O)CNC(c2ccccc2)C2CCC2)CC1. The number of benzene rings is 1. The lowest BCUT2D eigenvalue weighted by molar-refractivity contribution is -0.130. The fourth-order valence-electron chi connectivity index (χ4n) is 3.81. The van der Waals surface area contributed by atoms with Crippen LogP contribution >= 0.6 is 0 Å². The fraction of sp³-hybridized carbons (Fsp3) is 0.600. The molecular weight excluding hydrogens is 314 g/mol. The van der Waals surface area contributed by atoms with Crippen LogP contribution in [0.3, 0.4) is 0 Å². The second-order valence-electron chi connectivity index (χ2n) is 7.31. The van der Waals surface area contributed by atoms with Gasteiger partial charge in [0.25, 0.3) is 0 Å². The van der Waals surface area contributed by atoms with E-state index in [1.54, 1.807) is 6.92 Å². The normalized spacial score (nSPS) is 20.0. The molecule has 5 nitrogen and oxygen atoms in total. The van der Waals surface area contributed by atoms with Crippen molar-refractivity contribution in [3.8, 4) is 0 Å². The highest BCUT2D eigenvalue weighted by Crippen LogP contribution is 2.37. The van der Waals surface area contributed by atoms with E-state index >= 15 is 0 Å². The van der Waals surface area contributed by atoms with Crippen LogP contribution in [0.1, 0.15) is 50.6 Å². The van der Waals surface area contributed by atoms with E-state index in [2.05, 4.69) is 34.9 Å². The van der Waals surface area contributed by atoms with E-state index in [4.69, 9.17) is 0 Å². The number of rotatable bonds is 6. The van der Waals surface area contributed by atoms with Gasteiger partial charge in [0, 0.05) is 32.1 Å². The number of hydrogen-bond donors (Lipinski definition) is 2. The maximum Gasteiger partial charge on any atom is 0.234 e. The molecule has 0 aromatic heterocycles. The second kappa shape index (κ2) is 8.48. The summed E-state index contributed by atoms with van der Waals surface area (Å²) in [4.78, 5) is 25.6. The molecule has 1 saturated heterocycles. The Morgan fingerprint density at radius 2 is 1.80 bits per heavy atom. The zero-order valence-corrected chi connectivity index (χ0v) is 15.0. The van der Waals surface area contributed by atoms with Crippen LogP contribution in [0.2, 0.25) is 0 Å². The molecule has 0 spiro atoms. The number of hydrogen-bond acceptors (Lipinski definition) is 3. The zero-order valence-electron chi connectivity index (χ0n) is 15.0. The monoisotopic (exact) mass is 343 g/mol. The molecule has 1 aromatic rings. The number of nitrogens with one attached hydrogen (secondary N) is 2. The lowest BCUT2D eigenvalue weighted by Crippen LogP contribution is -2.48. The van der Waals surface area contributed by atoms with E-state index in [0.29, 0.717) is 12.5 Å². The van der Waals surface area contributed by atoms with E-state index in [9.17, 15) is 9.59 Å². The Labute approximate surface area is 150 Å². The largest absolute Gasteiger partial charge is 0.352 e. The van der Waals surface area contributed by atoms with Gasteiger partial charge in [0.15, 0.2) is 0 Å². The minimum atomic E-state index is 0.0570. The average Bonchev–Trinajstić information content (AvgIpc) is 2.58. The van der Waals surface area contributed by atoms with Crippen LogP contribution in [-0.2, 0) is 9.59 Å². The highest BCUT2D eigenvalue weighted by Gasteiger charge is 2.29. The van der Waals surface area contributed by atoms with E-state index < -0.39 is 0 Å². The van der Waals surface area contributed by atoms with Crippen molar-refractivity contribution in [3.05, 3.63) is 35.9 Å². The van der Waals surface area contributed by atoms with Gasteiger partial charge in [-0.1, -0.05) is 36.8 Å². The molecule has 2 N–H and O–H groups in total. The molecule has 2 aliphatic rings. The van der Waals surface area contributed by atoms with Gasteiger partial charge >= 0.3 is 0 Å². The lowest BCUT2D eigenvalue weighted by Gasteiger charge is -2.35. The van der Waals surface area contributed by atoms with Crippen LogP contribution in [0.5, 0.6) is 0 Å². The molecule has 5 heteroatoms. The van der Waals surface area contributed by atoms with Crippen molar-refractivity contribution >= 4 is 11.8 Å². The fourth-order valence-corrected chi connectivity index (χ4v) is 3.81. The molecular formula is C20H29N3O2. The molecule has 136 valence electrons. The third kappa shape index (κ3) is 4.82. The molecule has 1 saturated carbocycles. The molecule has 0 bridgehead atoms. The Morgan fingerprint density at radius 1 is 1.12 bits per heavy atom. The van der Waals surface area contributed by atoms with Gasteiger partial charge in [0.1, 0.15) is 0 Å². The molecule has 2 fully saturated rings. The topological polar surface area (TPSA) is 61.4 Å². The smallest absolute Gasteiger partial charge is 0.234 e. The molecule has 0 radical (unpaired) electrons. The Hall–Kier alpha value is -1.88. The van der Waals surface area contributed by atoms with Crippen LogP contribution in [0.15, 0.2) is 30.3 Å². The molecule has 1 aromatic carbocycles. The molecule has 3 rings (SSSR count). The highest BCUT2D eigenvalue weighted by molar-refractivity contribution is 5.78. The van der Waals surface area contributed by atoms with E-state index in [-0.39, 0.29) is 23.9 Å². The van der Waals surface area contributed by atoms with E-state index in [1.165, 1.54) is 24.8 Å². The van der Waals surface area contributed by atoms with Gasteiger partial charge in [0.05, 0.1) is 6.54 Å². The number of carbonyl (C=O) groups excluding carboxylic acids is 2. The van der Waals surface area contributed by atoms with Crippen LogP contribution in [0.4, 0.5) is 0 Å². The third-order valence-corrected chi connectivity index (χ3v) is 5.57. The summed E-state index contributed by atoms with van der Waals surface area (Å²) in [6.45, 7) is 3.43. The first-order chi connectivity index (χ1) is 12.1. The van der Waals surface area contributed by atoms with Crippen molar-refractivity contribution < 1.29 is 9.59 Å². The third-order valence-electron chi connectivity index (χ3n) is 5.57. The van der Waals surface area contributed by atoms with Gasteiger partial charge in [-0.2, -0.15) is 0 Å². The van der Waals surface area contributed by atoms with Crippen LogP contribution in [0.25, 0.3) is 0 Å². The Morgan fingerprint density at radius 3 is 2.36 bits per heavy atom. The minimum absolute atomic E-state index is 0.0570. The lowest BCUT2D eigenvalue weighted by atomic mass is 9.77. The van der Waals surface area contributed by atoms with E-state index in [0.717, 1.165) is 25.9 Å². The number of carbonyl (C=O) groups is 2. The summed E-state index contributed by atoms with van der Waals surface area (Å²) in [6, 6.07) is 10.9. The predicted molar refractivity (Wildman–Crippen MR) is 97.9 cm³/mol. The predicted octanol–water partition coefficient (Wildman–Crippen LogP) is 2.24. The summed E-state index contributed by atoms with van der Waals surface area (Å²) < 4.78 is 0. The molecule has 2 amide bonds. The Kier molecular flexibility index (Phi) is 6.08. The number of nitrogens with zero attached hydrogens (tertiary/aromatic N) is 1. The molecule has 1 unspecified atom stereocenters. The van der Waals surface area contributed by atoms with Crippen LogP contribution in [-0.4, -0.2) is 42.4 Å². The van der Waals surface area contributed by atoms with Gasteiger partial charge < -0.3 is 15.5 Å². The summed E-state index contributed by atoms with van der Waals surface area (Å²) in [5.74, 6) is 0.813. The Balaban J connectivity index is 1.46. The van der Waals surface area contributed by atoms with Gasteiger partial charge in [-0.3, -0.25) is 9.59 Å². The van der Waals surface area contributed by atoms with Gasteiger partial charge in [-0.25, -0.2) is 0 Å². The number of likely N-dealkylation sites (tertiary alicyclic amines) is 1. The maximum atomic E-state index is 12.3. The molecule has 1 aliphatic carbocycles. The summed E-state index contributed by atoms with van der Waals surface area (Å²) >= 11 is 0. The summed E-state index contributed by atoms with van der Waals surface area (Å²) in [5, 5.41) is 6.60.